The summed E-state index contributed by atoms with van der Waals surface area (Å²) in [5, 5.41) is 6.44. The number of carbonyl (C=O) groups is 1. The number of hydrogen-bond acceptors (Lipinski definition) is 3. The van der Waals surface area contributed by atoms with Crippen LogP contribution >= 0.6 is 0 Å². The molecule has 0 aliphatic carbocycles. The van der Waals surface area contributed by atoms with E-state index in [1.165, 1.54) is 11.1 Å². The summed E-state index contributed by atoms with van der Waals surface area (Å²) in [7, 11) is 0. The Bertz CT molecular complexity index is 949. The molecule has 3 aromatic rings. The van der Waals surface area contributed by atoms with Crippen molar-refractivity contribution < 1.29 is 4.79 Å². The summed E-state index contributed by atoms with van der Waals surface area (Å²) in [6, 6.07) is 17.9. The third-order valence-electron chi connectivity index (χ3n) is 5.15. The number of nitrogens with zero attached hydrogens (tertiary/aromatic N) is 1. The fourth-order valence-corrected chi connectivity index (χ4v) is 3.59. The van der Waals surface area contributed by atoms with Crippen molar-refractivity contribution in [2.75, 3.05) is 6.54 Å². The Morgan fingerprint density at radius 2 is 1.81 bits per heavy atom. The van der Waals surface area contributed by atoms with Crippen LogP contribution in [-0.2, 0) is 19.5 Å². The van der Waals surface area contributed by atoms with E-state index in [0.717, 1.165) is 41.9 Å². The van der Waals surface area contributed by atoms with Crippen LogP contribution in [0, 0.1) is 6.92 Å². The van der Waals surface area contributed by atoms with Gasteiger partial charge in [0.05, 0.1) is 0 Å². The van der Waals surface area contributed by atoms with Gasteiger partial charge in [0.2, 0.25) is 0 Å². The molecule has 0 bridgehead atoms. The topological polar surface area (TPSA) is 54.0 Å². The fourth-order valence-electron chi connectivity index (χ4n) is 3.59. The molecule has 0 saturated carbocycles. The number of aryl methyl sites for hydroxylation is 1. The predicted molar refractivity (Wildman–Crippen MR) is 107 cm³/mol. The minimum atomic E-state index is -0.0550. The highest BCUT2D eigenvalue weighted by atomic mass is 16.1. The van der Waals surface area contributed by atoms with E-state index in [0.29, 0.717) is 12.1 Å². The Morgan fingerprint density at radius 1 is 1.07 bits per heavy atom. The van der Waals surface area contributed by atoms with Crippen molar-refractivity contribution in [3.8, 4) is 11.1 Å². The van der Waals surface area contributed by atoms with Crippen molar-refractivity contribution in [2.45, 2.75) is 26.4 Å². The second-order valence-corrected chi connectivity index (χ2v) is 6.88. The second-order valence-electron chi connectivity index (χ2n) is 6.88. The van der Waals surface area contributed by atoms with Gasteiger partial charge in [-0.15, -0.1) is 0 Å². The van der Waals surface area contributed by atoms with Crippen LogP contribution in [0.3, 0.4) is 0 Å². The van der Waals surface area contributed by atoms with Gasteiger partial charge in [-0.25, -0.2) is 0 Å². The highest BCUT2D eigenvalue weighted by molar-refractivity contribution is 5.94. The molecule has 0 radical (unpaired) electrons. The Kier molecular flexibility index (Phi) is 4.99. The van der Waals surface area contributed by atoms with Crippen LogP contribution in [0.15, 0.2) is 60.8 Å². The number of nitrogens with one attached hydrogen (secondary N) is 2. The van der Waals surface area contributed by atoms with Crippen LogP contribution in [0.5, 0.6) is 0 Å². The number of fused-ring (bicyclic) bond motifs is 1. The van der Waals surface area contributed by atoms with Gasteiger partial charge >= 0.3 is 0 Å². The van der Waals surface area contributed by atoms with Crippen molar-refractivity contribution >= 4 is 5.91 Å². The zero-order valence-corrected chi connectivity index (χ0v) is 15.5. The van der Waals surface area contributed by atoms with E-state index in [9.17, 15) is 4.79 Å². The summed E-state index contributed by atoms with van der Waals surface area (Å²) in [6.45, 7) is 4.35. The maximum atomic E-state index is 12.6. The molecule has 0 unspecified atom stereocenters. The van der Waals surface area contributed by atoms with Crippen LogP contribution in [0.25, 0.3) is 11.1 Å². The molecule has 27 heavy (non-hydrogen) atoms. The summed E-state index contributed by atoms with van der Waals surface area (Å²) < 4.78 is 0. The van der Waals surface area contributed by atoms with Crippen LogP contribution in [0.2, 0.25) is 0 Å². The number of carbonyl (C=O) groups excluding carboxylic acids is 1. The van der Waals surface area contributed by atoms with Gasteiger partial charge in [0.1, 0.15) is 0 Å². The van der Waals surface area contributed by atoms with Gasteiger partial charge < -0.3 is 10.6 Å². The molecule has 0 atom stereocenters. The van der Waals surface area contributed by atoms with Crippen molar-refractivity contribution in [1.82, 2.24) is 15.6 Å². The largest absolute Gasteiger partial charge is 0.348 e. The molecule has 0 spiro atoms. The summed E-state index contributed by atoms with van der Waals surface area (Å²) in [4.78, 5) is 17.1. The van der Waals surface area contributed by atoms with E-state index >= 15 is 0 Å². The highest BCUT2D eigenvalue weighted by Crippen LogP contribution is 2.21. The number of pyridine rings is 1. The number of aromatic nitrogens is 1. The minimum Gasteiger partial charge on any atom is -0.348 e. The molecule has 1 aliphatic heterocycles. The molecule has 4 heteroatoms. The molecule has 2 aromatic carbocycles. The van der Waals surface area contributed by atoms with E-state index in [4.69, 9.17) is 0 Å². The lowest BCUT2D eigenvalue weighted by Crippen LogP contribution is -2.28. The molecule has 4 nitrogen and oxygen atoms in total. The van der Waals surface area contributed by atoms with E-state index in [1.54, 1.807) is 0 Å². The molecular formula is C23H23N3O. The lowest BCUT2D eigenvalue weighted by atomic mass is 9.96. The number of hydrogen-bond donors (Lipinski definition) is 2. The summed E-state index contributed by atoms with van der Waals surface area (Å²) in [5.74, 6) is -0.0550. The Hall–Kier alpha value is -2.98. The van der Waals surface area contributed by atoms with E-state index < -0.39 is 0 Å². The molecule has 0 saturated heterocycles. The first-order chi connectivity index (χ1) is 13.2. The van der Waals surface area contributed by atoms with Crippen LogP contribution in [0.1, 0.15) is 32.7 Å². The molecule has 4 rings (SSSR count). The normalized spacial score (nSPS) is 13.1. The lowest BCUT2D eigenvalue weighted by molar-refractivity contribution is 0.0951. The summed E-state index contributed by atoms with van der Waals surface area (Å²) in [5.41, 5.74) is 7.65. The molecule has 2 heterocycles. The first-order valence-corrected chi connectivity index (χ1v) is 9.33. The number of benzene rings is 2. The van der Waals surface area contributed by atoms with Gasteiger partial charge in [0, 0.05) is 30.5 Å². The van der Waals surface area contributed by atoms with E-state index in [2.05, 4.69) is 27.8 Å². The first-order valence-electron chi connectivity index (χ1n) is 9.33. The van der Waals surface area contributed by atoms with Crippen molar-refractivity contribution in [1.29, 1.82) is 0 Å². The average Bonchev–Trinajstić information content (AvgIpc) is 2.73. The van der Waals surface area contributed by atoms with Gasteiger partial charge in [0.25, 0.3) is 5.91 Å². The third-order valence-corrected chi connectivity index (χ3v) is 5.15. The number of rotatable bonds is 4. The van der Waals surface area contributed by atoms with Gasteiger partial charge in [-0.1, -0.05) is 42.5 Å². The van der Waals surface area contributed by atoms with Crippen LogP contribution < -0.4 is 10.6 Å². The van der Waals surface area contributed by atoms with E-state index in [-0.39, 0.29) is 5.91 Å². The summed E-state index contributed by atoms with van der Waals surface area (Å²) >= 11 is 0. The van der Waals surface area contributed by atoms with Crippen molar-refractivity contribution in [3.05, 3.63) is 88.7 Å². The predicted octanol–water partition coefficient (Wildman–Crippen LogP) is 3.63. The number of amides is 1. The Balaban J connectivity index is 1.47. The highest BCUT2D eigenvalue weighted by Gasteiger charge is 2.16. The molecule has 1 aliphatic rings. The smallest absolute Gasteiger partial charge is 0.251 e. The molecule has 1 amide bonds. The maximum Gasteiger partial charge on any atom is 0.251 e. The van der Waals surface area contributed by atoms with Crippen LogP contribution in [-0.4, -0.2) is 17.4 Å². The minimum absolute atomic E-state index is 0.0550. The van der Waals surface area contributed by atoms with Crippen LogP contribution in [0.4, 0.5) is 0 Å². The summed E-state index contributed by atoms with van der Waals surface area (Å²) in [6.07, 6.45) is 2.93. The second kappa shape index (κ2) is 7.72. The molecule has 0 fully saturated rings. The monoisotopic (exact) mass is 357 g/mol. The third kappa shape index (κ3) is 3.76. The van der Waals surface area contributed by atoms with E-state index in [1.807, 2.05) is 55.6 Å². The van der Waals surface area contributed by atoms with Crippen molar-refractivity contribution in [3.63, 3.8) is 0 Å². The average molecular weight is 357 g/mol. The molecular weight excluding hydrogens is 334 g/mol. The lowest BCUT2D eigenvalue weighted by Gasteiger charge is -2.21. The Labute approximate surface area is 159 Å². The first kappa shape index (κ1) is 17.4. The standard InChI is InChI=1S/C23H23N3O/c1-16-22(21-11-12-24-13-20(21)14-25-16)15-26-23(27)19-9-7-18(8-10-19)17-5-3-2-4-6-17/h2-10,14,24H,11-13,15H2,1H3,(H,26,27). The molecule has 136 valence electrons. The zero-order valence-electron chi connectivity index (χ0n) is 15.5. The zero-order chi connectivity index (χ0) is 18.6. The van der Waals surface area contributed by atoms with Gasteiger partial charge in [-0.2, -0.15) is 0 Å². The maximum absolute atomic E-state index is 12.6. The van der Waals surface area contributed by atoms with Gasteiger partial charge in [-0.3, -0.25) is 9.78 Å². The van der Waals surface area contributed by atoms with Crippen molar-refractivity contribution in [2.24, 2.45) is 0 Å². The SMILES string of the molecule is Cc1ncc2c(c1CNC(=O)c1ccc(-c3ccccc3)cc1)CCNC2. The quantitative estimate of drug-likeness (QED) is 0.750. The van der Waals surface area contributed by atoms with Gasteiger partial charge in [0.15, 0.2) is 0 Å². The molecule has 1 aromatic heterocycles. The Morgan fingerprint density at radius 3 is 2.59 bits per heavy atom. The van der Waals surface area contributed by atoms with Gasteiger partial charge in [-0.05, 0) is 59.8 Å². The molecule has 2 N–H and O–H groups in total. The fraction of sp³-hybridized carbons (Fsp3) is 0.217.